The third-order valence-electron chi connectivity index (χ3n) is 8.03. The summed E-state index contributed by atoms with van der Waals surface area (Å²) >= 11 is 0. The molecule has 1 saturated heterocycles. The minimum absolute atomic E-state index is 0. The van der Waals surface area contributed by atoms with Crippen molar-refractivity contribution in [3.63, 3.8) is 0 Å². The van der Waals surface area contributed by atoms with Gasteiger partial charge in [-0.05, 0) is 37.1 Å². The predicted molar refractivity (Wildman–Crippen MR) is 159 cm³/mol. The van der Waals surface area contributed by atoms with Gasteiger partial charge in [0.15, 0.2) is 0 Å². The van der Waals surface area contributed by atoms with E-state index in [1.165, 1.54) is 44.1 Å². The Kier molecular flexibility index (Phi) is 6.56. The molecule has 7 rings (SSSR count). The van der Waals surface area contributed by atoms with E-state index in [4.69, 9.17) is 0 Å². The third kappa shape index (κ3) is 4.22. The van der Waals surface area contributed by atoms with Gasteiger partial charge in [0.05, 0.1) is 5.69 Å². The molecular weight excluding hydrogens is 490 g/mol. The Morgan fingerprint density at radius 2 is 1.39 bits per heavy atom. The van der Waals surface area contributed by atoms with Gasteiger partial charge in [-0.3, -0.25) is 9.88 Å². The van der Waals surface area contributed by atoms with Crippen LogP contribution in [-0.2, 0) is 13.6 Å². The minimum Gasteiger partial charge on any atom is -0.366 e. The summed E-state index contributed by atoms with van der Waals surface area (Å²) in [5.74, 6) is 0. The summed E-state index contributed by atoms with van der Waals surface area (Å²) in [5.41, 5.74) is 8.83. The second-order valence-electron chi connectivity index (χ2n) is 10.2. The summed E-state index contributed by atoms with van der Waals surface area (Å²) in [6.07, 6.45) is 13.2. The number of hydrogen-bond acceptors (Lipinski definition) is 2. The lowest BCUT2D eigenvalue weighted by atomic mass is 9.98. The molecular formula is C32H32ClN5. The van der Waals surface area contributed by atoms with E-state index in [-0.39, 0.29) is 12.4 Å². The highest BCUT2D eigenvalue weighted by atomic mass is 35.5. The highest BCUT2D eigenvalue weighted by molar-refractivity contribution is 6.04. The largest absolute Gasteiger partial charge is 0.366 e. The molecule has 5 heterocycles. The first-order valence-corrected chi connectivity index (χ1v) is 13.2. The van der Waals surface area contributed by atoms with Gasteiger partial charge in [-0.2, -0.15) is 0 Å². The number of nitrogens with zero attached hydrogens (tertiary/aromatic N) is 4. The molecule has 6 aromatic rings. The maximum atomic E-state index is 4.53. The van der Waals surface area contributed by atoms with Crippen LogP contribution in [0, 0.1) is 0 Å². The monoisotopic (exact) mass is 521 g/mol. The molecule has 0 unspecified atom stereocenters. The fourth-order valence-electron chi connectivity index (χ4n) is 6.16. The van der Waals surface area contributed by atoms with Crippen LogP contribution in [0.15, 0.2) is 97.7 Å². The average molecular weight is 522 g/mol. The summed E-state index contributed by atoms with van der Waals surface area (Å²) in [4.78, 5) is 10.5. The van der Waals surface area contributed by atoms with Crippen molar-refractivity contribution in [3.8, 4) is 22.3 Å². The Morgan fingerprint density at radius 3 is 2.11 bits per heavy atom. The number of hydrogen-bond donors (Lipinski definition) is 1. The number of aryl methyl sites for hydroxylation is 1. The first kappa shape index (κ1) is 24.5. The number of benzene rings is 2. The van der Waals surface area contributed by atoms with Crippen LogP contribution in [0.25, 0.3) is 44.1 Å². The number of likely N-dealkylation sites (tertiary alicyclic amines) is 1. The number of piperidine rings is 1. The van der Waals surface area contributed by atoms with Crippen LogP contribution in [-0.4, -0.2) is 37.1 Å². The molecule has 0 aliphatic carbocycles. The number of aromatic amines is 1. The number of aromatic nitrogens is 4. The fourth-order valence-corrected chi connectivity index (χ4v) is 6.16. The maximum absolute atomic E-state index is 4.53. The summed E-state index contributed by atoms with van der Waals surface area (Å²) in [5, 5.41) is 2.61. The molecule has 5 nitrogen and oxygen atoms in total. The first-order chi connectivity index (χ1) is 18.3. The average Bonchev–Trinajstić information content (AvgIpc) is 3.66. The number of pyridine rings is 1. The number of rotatable bonds is 5. The van der Waals surface area contributed by atoms with Gasteiger partial charge in [-0.25, -0.2) is 0 Å². The minimum atomic E-state index is 0. The molecule has 0 saturated carbocycles. The SMILES string of the molecule is Cl.Cn1cc(-c2c[nH]cc2-c2cn(C3CCN(Cc4ccccn4)CC3)c3ccccc23)c2ccccc21. The van der Waals surface area contributed by atoms with Crippen molar-refractivity contribution in [2.24, 2.45) is 7.05 Å². The van der Waals surface area contributed by atoms with Crippen molar-refractivity contribution in [1.29, 1.82) is 0 Å². The second-order valence-corrected chi connectivity index (χ2v) is 10.2. The van der Waals surface area contributed by atoms with Gasteiger partial charge < -0.3 is 14.1 Å². The van der Waals surface area contributed by atoms with E-state index in [0.29, 0.717) is 6.04 Å². The number of fused-ring (bicyclic) bond motifs is 2. The van der Waals surface area contributed by atoms with E-state index in [1.807, 2.05) is 12.3 Å². The molecule has 2 aromatic carbocycles. The Labute approximate surface area is 229 Å². The van der Waals surface area contributed by atoms with Gasteiger partial charge in [-0.1, -0.05) is 42.5 Å². The van der Waals surface area contributed by atoms with Crippen LogP contribution >= 0.6 is 12.4 Å². The first-order valence-electron chi connectivity index (χ1n) is 13.2. The van der Waals surface area contributed by atoms with Crippen LogP contribution in [0.4, 0.5) is 0 Å². The predicted octanol–water partition coefficient (Wildman–Crippen LogP) is 7.45. The lowest BCUT2D eigenvalue weighted by Crippen LogP contribution is -2.34. The number of H-pyrrole nitrogens is 1. The molecule has 0 bridgehead atoms. The standard InChI is InChI=1S/C32H31N5.ClH/c1-35-21-29(25-9-2-4-11-31(25)35)27-18-33-19-28(27)30-22-37(32-12-5-3-10-26(30)32)24-13-16-36(17-14-24)20-23-8-6-7-15-34-23;/h2-12,15,18-19,21-22,24,33H,13-14,16-17,20H2,1H3;1H. The molecule has 0 atom stereocenters. The van der Waals surface area contributed by atoms with E-state index in [0.717, 1.165) is 38.2 Å². The van der Waals surface area contributed by atoms with Gasteiger partial charge in [0, 0.05) is 108 Å². The van der Waals surface area contributed by atoms with Crippen molar-refractivity contribution >= 4 is 34.2 Å². The quantitative estimate of drug-likeness (QED) is 0.256. The summed E-state index contributed by atoms with van der Waals surface area (Å²) < 4.78 is 4.77. The molecule has 0 amide bonds. The fraction of sp³-hybridized carbons (Fsp3) is 0.219. The van der Waals surface area contributed by atoms with Crippen LogP contribution < -0.4 is 0 Å². The molecule has 0 spiro atoms. The molecule has 4 aromatic heterocycles. The van der Waals surface area contributed by atoms with E-state index >= 15 is 0 Å². The van der Waals surface area contributed by atoms with Crippen LogP contribution in [0.2, 0.25) is 0 Å². The lowest BCUT2D eigenvalue weighted by Gasteiger charge is -2.33. The molecule has 192 valence electrons. The highest BCUT2D eigenvalue weighted by Gasteiger charge is 2.24. The summed E-state index contributed by atoms with van der Waals surface area (Å²) in [6.45, 7) is 3.12. The smallest absolute Gasteiger partial charge is 0.0543 e. The number of nitrogens with one attached hydrogen (secondary N) is 1. The molecule has 1 aliphatic rings. The van der Waals surface area contributed by atoms with Crippen molar-refractivity contribution in [2.45, 2.75) is 25.4 Å². The molecule has 0 radical (unpaired) electrons. The van der Waals surface area contributed by atoms with E-state index in [9.17, 15) is 0 Å². The molecule has 6 heteroatoms. The van der Waals surface area contributed by atoms with Gasteiger partial charge in [0.1, 0.15) is 0 Å². The Balaban J connectivity index is 0.00000264. The topological polar surface area (TPSA) is 41.8 Å². The third-order valence-corrected chi connectivity index (χ3v) is 8.03. The lowest BCUT2D eigenvalue weighted by molar-refractivity contribution is 0.180. The molecule has 38 heavy (non-hydrogen) atoms. The van der Waals surface area contributed by atoms with E-state index in [2.05, 4.69) is 117 Å². The Bertz CT molecular complexity index is 1690. The van der Waals surface area contributed by atoms with Gasteiger partial charge >= 0.3 is 0 Å². The van der Waals surface area contributed by atoms with E-state index in [1.54, 1.807) is 0 Å². The number of halogens is 1. The molecule has 1 aliphatic heterocycles. The second kappa shape index (κ2) is 10.2. The van der Waals surface area contributed by atoms with Crippen molar-refractivity contribution in [3.05, 3.63) is 103 Å². The Hall–Kier alpha value is -3.80. The molecule has 1 N–H and O–H groups in total. The van der Waals surface area contributed by atoms with Crippen molar-refractivity contribution in [2.75, 3.05) is 13.1 Å². The van der Waals surface area contributed by atoms with Crippen molar-refractivity contribution < 1.29 is 0 Å². The van der Waals surface area contributed by atoms with Crippen LogP contribution in [0.3, 0.4) is 0 Å². The van der Waals surface area contributed by atoms with E-state index < -0.39 is 0 Å². The normalized spacial score (nSPS) is 14.8. The van der Waals surface area contributed by atoms with Crippen LogP contribution in [0.1, 0.15) is 24.6 Å². The van der Waals surface area contributed by atoms with Crippen molar-refractivity contribution in [1.82, 2.24) is 24.0 Å². The zero-order valence-corrected chi connectivity index (χ0v) is 22.4. The maximum Gasteiger partial charge on any atom is 0.0543 e. The zero-order valence-electron chi connectivity index (χ0n) is 21.5. The number of para-hydroxylation sites is 2. The summed E-state index contributed by atoms with van der Waals surface area (Å²) in [6, 6.07) is 24.2. The Morgan fingerprint density at radius 1 is 0.763 bits per heavy atom. The molecule has 1 fully saturated rings. The van der Waals surface area contributed by atoms with Gasteiger partial charge in [-0.15, -0.1) is 12.4 Å². The van der Waals surface area contributed by atoms with Crippen LogP contribution in [0.5, 0.6) is 0 Å². The highest BCUT2D eigenvalue weighted by Crippen LogP contribution is 2.41. The van der Waals surface area contributed by atoms with Gasteiger partial charge in [0.2, 0.25) is 0 Å². The summed E-state index contributed by atoms with van der Waals surface area (Å²) in [7, 11) is 2.13. The van der Waals surface area contributed by atoms with Gasteiger partial charge in [0.25, 0.3) is 0 Å². The zero-order chi connectivity index (χ0) is 24.8.